The van der Waals surface area contributed by atoms with E-state index in [-0.39, 0.29) is 17.7 Å². The van der Waals surface area contributed by atoms with Gasteiger partial charge in [0.1, 0.15) is 0 Å². The van der Waals surface area contributed by atoms with Gasteiger partial charge in [0.2, 0.25) is 10.0 Å². The molecule has 0 spiro atoms. The van der Waals surface area contributed by atoms with Crippen molar-refractivity contribution >= 4 is 21.6 Å². The van der Waals surface area contributed by atoms with Crippen LogP contribution in [0.3, 0.4) is 0 Å². The monoisotopic (exact) mass is 267 g/mol. The quantitative estimate of drug-likeness (QED) is 0.687. The minimum absolute atomic E-state index is 0.0117. The van der Waals surface area contributed by atoms with Crippen LogP contribution in [0, 0.1) is 11.8 Å². The first-order chi connectivity index (χ1) is 7.46. The average molecular weight is 268 g/mol. The highest BCUT2D eigenvalue weighted by Crippen LogP contribution is 2.34. The first-order valence-electron chi connectivity index (χ1n) is 6.02. The number of hydrogen-bond acceptors (Lipinski definition) is 2. The predicted molar refractivity (Wildman–Crippen MR) is 68.2 cm³/mol. The molecule has 0 aromatic carbocycles. The van der Waals surface area contributed by atoms with Crippen LogP contribution in [0.25, 0.3) is 0 Å². The summed E-state index contributed by atoms with van der Waals surface area (Å²) < 4.78 is 26.4. The van der Waals surface area contributed by atoms with Crippen molar-refractivity contribution in [3.63, 3.8) is 0 Å². The van der Waals surface area contributed by atoms with E-state index < -0.39 is 10.0 Å². The van der Waals surface area contributed by atoms with Crippen LogP contribution in [0.1, 0.15) is 39.5 Å². The summed E-state index contributed by atoms with van der Waals surface area (Å²) in [5.74, 6) is 1.29. The van der Waals surface area contributed by atoms with Crippen LogP contribution < -0.4 is 4.72 Å². The smallest absolute Gasteiger partial charge is 0.212 e. The minimum atomic E-state index is -3.16. The maximum atomic E-state index is 11.8. The molecule has 1 saturated carbocycles. The van der Waals surface area contributed by atoms with Crippen LogP contribution in [0.5, 0.6) is 0 Å². The first kappa shape index (κ1) is 14.3. The van der Waals surface area contributed by atoms with Gasteiger partial charge >= 0.3 is 0 Å². The number of nitrogens with one attached hydrogen (secondary N) is 1. The first-order valence-corrected chi connectivity index (χ1v) is 8.21. The number of alkyl halides is 1. The molecule has 5 heteroatoms. The Morgan fingerprint density at radius 2 is 2.06 bits per heavy atom. The number of hydrogen-bond donors (Lipinski definition) is 1. The summed E-state index contributed by atoms with van der Waals surface area (Å²) in [4.78, 5) is 0. The van der Waals surface area contributed by atoms with Gasteiger partial charge in [0.05, 0.1) is 5.75 Å². The zero-order valence-electron chi connectivity index (χ0n) is 10.1. The third-order valence-electron chi connectivity index (χ3n) is 2.92. The van der Waals surface area contributed by atoms with Gasteiger partial charge in [-0.15, -0.1) is 11.6 Å². The second-order valence-electron chi connectivity index (χ2n) is 4.94. The van der Waals surface area contributed by atoms with Crippen molar-refractivity contribution in [3.8, 4) is 0 Å². The Kier molecular flexibility index (Phi) is 5.54. The molecule has 3 nitrogen and oxygen atoms in total. The summed E-state index contributed by atoms with van der Waals surface area (Å²) in [6.07, 6.45) is 4.38. The zero-order valence-corrected chi connectivity index (χ0v) is 11.6. The molecule has 0 aromatic heterocycles. The van der Waals surface area contributed by atoms with Crippen LogP contribution in [0.15, 0.2) is 0 Å². The highest BCUT2D eigenvalue weighted by molar-refractivity contribution is 7.89. The zero-order chi connectivity index (χ0) is 12.2. The molecule has 0 amide bonds. The highest BCUT2D eigenvalue weighted by atomic mass is 35.5. The third-order valence-corrected chi connectivity index (χ3v) is 5.15. The number of halogens is 1. The fourth-order valence-corrected chi connectivity index (χ4v) is 3.75. The van der Waals surface area contributed by atoms with E-state index in [1.807, 2.05) is 13.8 Å². The molecular weight excluding hydrogens is 246 g/mol. The van der Waals surface area contributed by atoms with E-state index >= 15 is 0 Å². The fraction of sp³-hybridized carbons (Fsp3) is 1.00. The van der Waals surface area contributed by atoms with Gasteiger partial charge in [0.25, 0.3) is 0 Å². The topological polar surface area (TPSA) is 46.2 Å². The lowest BCUT2D eigenvalue weighted by atomic mass is 10.1. The Morgan fingerprint density at radius 1 is 1.44 bits per heavy atom. The molecule has 0 aliphatic heterocycles. The van der Waals surface area contributed by atoms with Crippen LogP contribution in [0.2, 0.25) is 0 Å². The predicted octanol–water partition coefficient (Wildman–Crippen LogP) is 2.36. The van der Waals surface area contributed by atoms with E-state index in [1.54, 1.807) is 0 Å². The maximum Gasteiger partial charge on any atom is 0.212 e. The molecule has 0 aromatic rings. The van der Waals surface area contributed by atoms with Gasteiger partial charge in [0.15, 0.2) is 0 Å². The van der Waals surface area contributed by atoms with Gasteiger partial charge in [-0.1, -0.05) is 26.7 Å². The minimum Gasteiger partial charge on any atom is -0.212 e. The highest BCUT2D eigenvalue weighted by Gasteiger charge is 2.27. The molecule has 1 fully saturated rings. The molecular formula is C11H22ClNO2S. The summed E-state index contributed by atoms with van der Waals surface area (Å²) in [5.41, 5.74) is 0. The Bertz CT molecular complexity index is 301. The average Bonchev–Trinajstić information content (AvgIpc) is 2.99. The molecule has 2 unspecified atom stereocenters. The van der Waals surface area contributed by atoms with Crippen LogP contribution >= 0.6 is 11.6 Å². The molecule has 1 N–H and O–H groups in total. The molecule has 0 radical (unpaired) electrons. The molecule has 1 aliphatic carbocycles. The molecule has 0 heterocycles. The standard InChI is InChI=1S/C11H22ClNO2S/c1-3-11(6-10-4-5-10)13-16(14,15)8-9(2)7-12/h9-11,13H,3-8H2,1-2H3. The Hall–Kier alpha value is 0.200. The maximum absolute atomic E-state index is 11.8. The van der Waals surface area contributed by atoms with Crippen LogP contribution in [-0.2, 0) is 10.0 Å². The van der Waals surface area contributed by atoms with Crippen molar-refractivity contribution in [2.45, 2.75) is 45.6 Å². The van der Waals surface area contributed by atoms with E-state index in [1.165, 1.54) is 12.8 Å². The Morgan fingerprint density at radius 3 is 2.50 bits per heavy atom. The van der Waals surface area contributed by atoms with Crippen molar-refractivity contribution < 1.29 is 8.42 Å². The van der Waals surface area contributed by atoms with Crippen molar-refractivity contribution in [2.75, 3.05) is 11.6 Å². The van der Waals surface area contributed by atoms with Crippen molar-refractivity contribution in [2.24, 2.45) is 11.8 Å². The van der Waals surface area contributed by atoms with Gasteiger partial charge < -0.3 is 0 Å². The summed E-state index contributed by atoms with van der Waals surface area (Å²) in [6.45, 7) is 3.88. The SMILES string of the molecule is CCC(CC1CC1)NS(=O)(=O)CC(C)CCl. The van der Waals surface area contributed by atoms with Crippen molar-refractivity contribution in [1.82, 2.24) is 4.72 Å². The van der Waals surface area contributed by atoms with E-state index in [2.05, 4.69) is 4.72 Å². The van der Waals surface area contributed by atoms with E-state index in [4.69, 9.17) is 11.6 Å². The fourth-order valence-electron chi connectivity index (χ4n) is 1.78. The van der Waals surface area contributed by atoms with Gasteiger partial charge in [-0.25, -0.2) is 13.1 Å². The summed E-state index contributed by atoms with van der Waals surface area (Å²) >= 11 is 5.63. The lowest BCUT2D eigenvalue weighted by molar-refractivity contribution is 0.491. The second kappa shape index (κ2) is 6.22. The summed E-state index contributed by atoms with van der Waals surface area (Å²) in [6, 6.07) is 0.111. The van der Waals surface area contributed by atoms with Crippen LogP contribution in [0.4, 0.5) is 0 Å². The van der Waals surface area contributed by atoms with Crippen molar-refractivity contribution in [3.05, 3.63) is 0 Å². The molecule has 16 heavy (non-hydrogen) atoms. The van der Waals surface area contributed by atoms with Gasteiger partial charge in [0, 0.05) is 11.9 Å². The Balaban J connectivity index is 2.41. The van der Waals surface area contributed by atoms with E-state index in [0.717, 1.165) is 18.8 Å². The summed E-state index contributed by atoms with van der Waals surface area (Å²) in [7, 11) is -3.16. The Labute approximate surface area is 104 Å². The molecule has 0 saturated heterocycles. The van der Waals surface area contributed by atoms with Crippen molar-refractivity contribution in [1.29, 1.82) is 0 Å². The van der Waals surface area contributed by atoms with Crippen LogP contribution in [-0.4, -0.2) is 26.1 Å². The van der Waals surface area contributed by atoms with Gasteiger partial charge in [-0.3, -0.25) is 0 Å². The van der Waals surface area contributed by atoms with Gasteiger partial charge in [-0.2, -0.15) is 0 Å². The van der Waals surface area contributed by atoms with E-state index in [0.29, 0.717) is 5.88 Å². The third kappa shape index (κ3) is 5.51. The molecule has 2 atom stereocenters. The van der Waals surface area contributed by atoms with E-state index in [9.17, 15) is 8.42 Å². The molecule has 1 aliphatic rings. The second-order valence-corrected chi connectivity index (χ2v) is 7.05. The summed E-state index contributed by atoms with van der Waals surface area (Å²) in [5, 5.41) is 0. The normalized spacial score (nSPS) is 20.7. The molecule has 1 rings (SSSR count). The largest absolute Gasteiger partial charge is 0.212 e. The lowest BCUT2D eigenvalue weighted by Crippen LogP contribution is -2.37. The lowest BCUT2D eigenvalue weighted by Gasteiger charge is -2.18. The van der Waals surface area contributed by atoms with Gasteiger partial charge in [-0.05, 0) is 24.7 Å². The number of rotatable bonds is 8. The number of sulfonamides is 1. The molecule has 96 valence electrons. The molecule has 0 bridgehead atoms.